The molecule has 0 amide bonds. The first-order valence-electron chi connectivity index (χ1n) is 6.48. The first-order chi connectivity index (χ1) is 9.04. The molecule has 1 aromatic carbocycles. The van der Waals surface area contributed by atoms with E-state index in [-0.39, 0.29) is 5.41 Å². The molecule has 2 aromatic rings. The third kappa shape index (κ3) is 2.30. The summed E-state index contributed by atoms with van der Waals surface area (Å²) in [6.45, 7) is 7.69. The van der Waals surface area contributed by atoms with E-state index in [1.807, 2.05) is 29.1 Å². The van der Waals surface area contributed by atoms with Crippen molar-refractivity contribution in [3.05, 3.63) is 36.4 Å². The van der Waals surface area contributed by atoms with Crippen molar-refractivity contribution in [2.24, 2.45) is 0 Å². The van der Waals surface area contributed by atoms with Crippen LogP contribution in [0.2, 0.25) is 0 Å². The number of nitrogens with zero attached hydrogens (tertiary/aromatic N) is 2. The molecule has 4 heteroatoms. The van der Waals surface area contributed by atoms with E-state index in [9.17, 15) is 0 Å². The maximum Gasteiger partial charge on any atom is 0.163 e. The summed E-state index contributed by atoms with van der Waals surface area (Å²) < 4.78 is 13.1. The normalized spacial score (nSPS) is 14.5. The Morgan fingerprint density at radius 1 is 1.11 bits per heavy atom. The molecule has 0 saturated heterocycles. The van der Waals surface area contributed by atoms with Crippen LogP contribution in [0.5, 0.6) is 11.5 Å². The molecule has 0 spiro atoms. The van der Waals surface area contributed by atoms with Crippen LogP contribution in [0.3, 0.4) is 0 Å². The van der Waals surface area contributed by atoms with E-state index in [2.05, 4.69) is 32.0 Å². The van der Waals surface area contributed by atoms with Gasteiger partial charge in [-0.3, -0.25) is 0 Å². The quantitative estimate of drug-likeness (QED) is 0.789. The van der Waals surface area contributed by atoms with Crippen LogP contribution in [-0.4, -0.2) is 22.8 Å². The average Bonchev–Trinajstić information content (AvgIpc) is 2.87. The van der Waals surface area contributed by atoms with Gasteiger partial charge in [0.25, 0.3) is 0 Å². The van der Waals surface area contributed by atoms with Crippen molar-refractivity contribution in [2.75, 3.05) is 13.2 Å². The van der Waals surface area contributed by atoms with Gasteiger partial charge in [0.2, 0.25) is 0 Å². The van der Waals surface area contributed by atoms with Crippen molar-refractivity contribution in [1.82, 2.24) is 9.55 Å². The summed E-state index contributed by atoms with van der Waals surface area (Å²) in [7, 11) is 0. The lowest BCUT2D eigenvalue weighted by Gasteiger charge is -2.19. The molecule has 1 aliphatic heterocycles. The maximum absolute atomic E-state index is 5.60. The van der Waals surface area contributed by atoms with E-state index < -0.39 is 0 Å². The van der Waals surface area contributed by atoms with Crippen LogP contribution >= 0.6 is 0 Å². The summed E-state index contributed by atoms with van der Waals surface area (Å²) >= 11 is 0. The van der Waals surface area contributed by atoms with Gasteiger partial charge in [0.05, 0.1) is 17.7 Å². The molecule has 0 aliphatic carbocycles. The SMILES string of the molecule is CC(C)(C)c1cn(-c2ccc3c(c2)OCCO3)cn1. The molecule has 0 saturated carbocycles. The first-order valence-corrected chi connectivity index (χ1v) is 6.48. The minimum atomic E-state index is 0.0546. The Hall–Kier alpha value is -1.97. The van der Waals surface area contributed by atoms with Crippen LogP contribution in [-0.2, 0) is 5.41 Å². The number of hydrogen-bond donors (Lipinski definition) is 0. The Morgan fingerprint density at radius 2 is 1.84 bits per heavy atom. The molecule has 0 radical (unpaired) electrons. The highest BCUT2D eigenvalue weighted by Crippen LogP contribution is 2.32. The van der Waals surface area contributed by atoms with E-state index in [0.717, 1.165) is 22.9 Å². The number of fused-ring (bicyclic) bond motifs is 1. The molecule has 0 atom stereocenters. The summed E-state index contributed by atoms with van der Waals surface area (Å²) in [6.07, 6.45) is 3.90. The molecule has 0 unspecified atom stereocenters. The van der Waals surface area contributed by atoms with Crippen molar-refractivity contribution in [1.29, 1.82) is 0 Å². The fourth-order valence-corrected chi connectivity index (χ4v) is 2.04. The molecule has 0 fully saturated rings. The van der Waals surface area contributed by atoms with Crippen molar-refractivity contribution in [2.45, 2.75) is 26.2 Å². The van der Waals surface area contributed by atoms with Crippen LogP contribution in [0.15, 0.2) is 30.7 Å². The predicted molar refractivity (Wildman–Crippen MR) is 73.3 cm³/mol. The standard InChI is InChI=1S/C15H18N2O2/c1-15(2,3)14-9-17(10-16-14)11-4-5-12-13(8-11)19-7-6-18-12/h4-5,8-10H,6-7H2,1-3H3. The van der Waals surface area contributed by atoms with Crippen LogP contribution in [0.1, 0.15) is 26.5 Å². The van der Waals surface area contributed by atoms with Gasteiger partial charge >= 0.3 is 0 Å². The lowest BCUT2D eigenvalue weighted by Crippen LogP contribution is -2.15. The number of ether oxygens (including phenoxy) is 2. The zero-order valence-corrected chi connectivity index (χ0v) is 11.5. The van der Waals surface area contributed by atoms with Gasteiger partial charge in [-0.25, -0.2) is 4.98 Å². The average molecular weight is 258 g/mol. The first kappa shape index (κ1) is 12.1. The lowest BCUT2D eigenvalue weighted by molar-refractivity contribution is 0.171. The van der Waals surface area contributed by atoms with E-state index in [1.165, 1.54) is 0 Å². The van der Waals surface area contributed by atoms with Crippen LogP contribution in [0.4, 0.5) is 0 Å². The van der Waals surface area contributed by atoms with Crippen molar-refractivity contribution >= 4 is 0 Å². The third-order valence-electron chi connectivity index (χ3n) is 3.17. The number of benzene rings is 1. The Bertz CT molecular complexity index is 596. The lowest BCUT2D eigenvalue weighted by atomic mass is 9.93. The predicted octanol–water partition coefficient (Wildman–Crippen LogP) is 2.94. The van der Waals surface area contributed by atoms with E-state index in [1.54, 1.807) is 0 Å². The zero-order chi connectivity index (χ0) is 13.5. The topological polar surface area (TPSA) is 36.3 Å². The van der Waals surface area contributed by atoms with E-state index >= 15 is 0 Å². The largest absolute Gasteiger partial charge is 0.486 e. The van der Waals surface area contributed by atoms with Crippen LogP contribution in [0, 0.1) is 0 Å². The molecule has 3 rings (SSSR count). The second kappa shape index (κ2) is 4.30. The molecule has 4 nitrogen and oxygen atoms in total. The Balaban J connectivity index is 1.96. The number of rotatable bonds is 1. The second-order valence-electron chi connectivity index (χ2n) is 5.74. The van der Waals surface area contributed by atoms with E-state index in [0.29, 0.717) is 13.2 Å². The Morgan fingerprint density at radius 3 is 2.53 bits per heavy atom. The summed E-state index contributed by atoms with van der Waals surface area (Å²) in [4.78, 5) is 4.47. The maximum atomic E-state index is 5.60. The molecule has 0 N–H and O–H groups in total. The van der Waals surface area contributed by atoms with Gasteiger partial charge in [-0.2, -0.15) is 0 Å². The van der Waals surface area contributed by atoms with Crippen molar-refractivity contribution in [3.8, 4) is 17.2 Å². The van der Waals surface area contributed by atoms with Gasteiger partial charge in [0.1, 0.15) is 13.2 Å². The smallest absolute Gasteiger partial charge is 0.163 e. The van der Waals surface area contributed by atoms with Gasteiger partial charge in [-0.05, 0) is 12.1 Å². The number of hydrogen-bond acceptors (Lipinski definition) is 3. The molecule has 1 aromatic heterocycles. The van der Waals surface area contributed by atoms with Gasteiger partial charge in [-0.1, -0.05) is 20.8 Å². The summed E-state index contributed by atoms with van der Waals surface area (Å²) in [5.74, 6) is 1.61. The highest BCUT2D eigenvalue weighted by molar-refractivity contribution is 5.49. The highest BCUT2D eigenvalue weighted by Gasteiger charge is 2.18. The summed E-state index contributed by atoms with van der Waals surface area (Å²) in [5.41, 5.74) is 2.16. The minimum Gasteiger partial charge on any atom is -0.486 e. The second-order valence-corrected chi connectivity index (χ2v) is 5.74. The summed E-state index contributed by atoms with van der Waals surface area (Å²) in [6, 6.07) is 5.95. The van der Waals surface area contributed by atoms with Crippen molar-refractivity contribution in [3.63, 3.8) is 0 Å². The van der Waals surface area contributed by atoms with E-state index in [4.69, 9.17) is 9.47 Å². The monoisotopic (exact) mass is 258 g/mol. The summed E-state index contributed by atoms with van der Waals surface area (Å²) in [5, 5.41) is 0. The molecule has 0 bridgehead atoms. The Kier molecular flexibility index (Phi) is 2.73. The molecule has 19 heavy (non-hydrogen) atoms. The molecule has 100 valence electrons. The molecular formula is C15H18N2O2. The zero-order valence-electron chi connectivity index (χ0n) is 11.5. The van der Waals surface area contributed by atoms with Gasteiger partial charge in [0, 0.05) is 17.7 Å². The highest BCUT2D eigenvalue weighted by atomic mass is 16.6. The third-order valence-corrected chi connectivity index (χ3v) is 3.17. The minimum absolute atomic E-state index is 0.0546. The van der Waals surface area contributed by atoms with Gasteiger partial charge in [0.15, 0.2) is 11.5 Å². The fourth-order valence-electron chi connectivity index (χ4n) is 2.04. The number of aromatic nitrogens is 2. The van der Waals surface area contributed by atoms with Crippen LogP contribution < -0.4 is 9.47 Å². The van der Waals surface area contributed by atoms with Crippen LogP contribution in [0.25, 0.3) is 5.69 Å². The van der Waals surface area contributed by atoms with Crippen molar-refractivity contribution < 1.29 is 9.47 Å². The fraction of sp³-hybridized carbons (Fsp3) is 0.400. The molecule has 2 heterocycles. The Labute approximate surface area is 113 Å². The van der Waals surface area contributed by atoms with Gasteiger partial charge < -0.3 is 14.0 Å². The molecular weight excluding hydrogens is 240 g/mol. The number of imidazole rings is 1. The van der Waals surface area contributed by atoms with Gasteiger partial charge in [-0.15, -0.1) is 0 Å². The molecule has 1 aliphatic rings.